The molecule has 1 N–H and O–H groups in total. The minimum Gasteiger partial charge on any atom is -0.388 e. The smallest absolute Gasteiger partial charge is 0.229 e. The highest BCUT2D eigenvalue weighted by molar-refractivity contribution is 5.94. The van der Waals surface area contributed by atoms with E-state index in [9.17, 15) is 9.90 Å². The molecule has 0 spiro atoms. The van der Waals surface area contributed by atoms with Gasteiger partial charge in [-0.15, -0.1) is 0 Å². The Kier molecular flexibility index (Phi) is 4.45. The second kappa shape index (κ2) is 5.94. The van der Waals surface area contributed by atoms with E-state index >= 15 is 0 Å². The maximum absolute atomic E-state index is 12.6. The van der Waals surface area contributed by atoms with Crippen molar-refractivity contribution in [3.05, 3.63) is 29.8 Å². The fourth-order valence-electron chi connectivity index (χ4n) is 2.52. The van der Waals surface area contributed by atoms with Gasteiger partial charge < -0.3 is 14.7 Å². The molecule has 0 saturated heterocycles. The number of benzene rings is 1. The van der Waals surface area contributed by atoms with Gasteiger partial charge in [-0.25, -0.2) is 0 Å². The monoisotopic (exact) mass is 277 g/mol. The fourth-order valence-corrected chi connectivity index (χ4v) is 2.52. The first-order valence-corrected chi connectivity index (χ1v) is 7.07. The number of methoxy groups -OCH3 is 1. The third kappa shape index (κ3) is 3.19. The summed E-state index contributed by atoms with van der Waals surface area (Å²) in [4.78, 5) is 14.3. The number of ether oxygens (including phenoxy) is 1. The molecular formula is C16H23NO3. The molecular weight excluding hydrogens is 254 g/mol. The summed E-state index contributed by atoms with van der Waals surface area (Å²) in [7, 11) is 1.62. The van der Waals surface area contributed by atoms with Gasteiger partial charge in [0.05, 0.1) is 18.1 Å². The minimum atomic E-state index is -0.487. The van der Waals surface area contributed by atoms with Gasteiger partial charge in [0.1, 0.15) is 0 Å². The van der Waals surface area contributed by atoms with E-state index in [0.29, 0.717) is 19.4 Å². The van der Waals surface area contributed by atoms with E-state index in [0.717, 1.165) is 17.7 Å². The Hall–Kier alpha value is -1.39. The van der Waals surface area contributed by atoms with E-state index in [1.807, 2.05) is 38.1 Å². The molecule has 1 amide bonds. The number of nitrogens with zero attached hydrogens (tertiary/aromatic N) is 1. The van der Waals surface area contributed by atoms with Gasteiger partial charge in [-0.3, -0.25) is 4.79 Å². The van der Waals surface area contributed by atoms with Crippen molar-refractivity contribution >= 4 is 11.6 Å². The lowest BCUT2D eigenvalue weighted by molar-refractivity contribution is -0.123. The molecule has 4 heteroatoms. The zero-order valence-corrected chi connectivity index (χ0v) is 12.4. The van der Waals surface area contributed by atoms with Crippen LogP contribution in [0.2, 0.25) is 0 Å². The summed E-state index contributed by atoms with van der Waals surface area (Å²) in [6, 6.07) is 7.60. The van der Waals surface area contributed by atoms with Gasteiger partial charge in [0.15, 0.2) is 0 Å². The van der Waals surface area contributed by atoms with E-state index in [-0.39, 0.29) is 5.91 Å². The molecule has 1 unspecified atom stereocenters. The molecule has 1 aliphatic rings. The largest absolute Gasteiger partial charge is 0.388 e. The van der Waals surface area contributed by atoms with Crippen molar-refractivity contribution in [3.63, 3.8) is 0 Å². The number of hydrogen-bond donors (Lipinski definition) is 1. The number of carbonyl (C=O) groups is 1. The number of hydrogen-bond acceptors (Lipinski definition) is 3. The first-order valence-electron chi connectivity index (χ1n) is 7.07. The minimum absolute atomic E-state index is 0.0402. The zero-order valence-electron chi connectivity index (χ0n) is 12.4. The Morgan fingerprint density at radius 2 is 2.15 bits per heavy atom. The highest BCUT2D eigenvalue weighted by Crippen LogP contribution is 2.33. The number of anilines is 1. The van der Waals surface area contributed by atoms with Crippen molar-refractivity contribution in [3.8, 4) is 0 Å². The third-order valence-electron chi connectivity index (χ3n) is 3.88. The SMILES string of the molecule is COC(C)(C)CC(=O)N1CCCC(O)c2ccccc21. The average molecular weight is 277 g/mol. The van der Waals surface area contributed by atoms with E-state index < -0.39 is 11.7 Å². The van der Waals surface area contributed by atoms with Crippen LogP contribution in [-0.4, -0.2) is 30.3 Å². The Morgan fingerprint density at radius 3 is 2.85 bits per heavy atom. The van der Waals surface area contributed by atoms with Crippen molar-refractivity contribution in [1.29, 1.82) is 0 Å². The Labute approximate surface area is 120 Å². The first-order chi connectivity index (χ1) is 9.44. The van der Waals surface area contributed by atoms with Crippen molar-refractivity contribution in [2.45, 2.75) is 44.8 Å². The molecule has 0 saturated carbocycles. The number of para-hydroxylation sites is 1. The van der Waals surface area contributed by atoms with Crippen LogP contribution in [0.3, 0.4) is 0 Å². The standard InChI is InChI=1S/C16H23NO3/c1-16(2,20-3)11-15(19)17-10-6-9-14(18)12-7-4-5-8-13(12)17/h4-5,7-8,14,18H,6,9-11H2,1-3H3. The lowest BCUT2D eigenvalue weighted by Crippen LogP contribution is -2.38. The van der Waals surface area contributed by atoms with Gasteiger partial charge in [-0.2, -0.15) is 0 Å². The normalized spacial score (nSPS) is 19.4. The number of aliphatic hydroxyl groups excluding tert-OH is 1. The van der Waals surface area contributed by atoms with Crippen LogP contribution in [0.5, 0.6) is 0 Å². The second-order valence-electron chi connectivity index (χ2n) is 5.90. The van der Waals surface area contributed by atoms with Gasteiger partial charge in [0.25, 0.3) is 0 Å². The molecule has 4 nitrogen and oxygen atoms in total. The van der Waals surface area contributed by atoms with E-state index in [1.165, 1.54) is 0 Å². The molecule has 1 heterocycles. The third-order valence-corrected chi connectivity index (χ3v) is 3.88. The van der Waals surface area contributed by atoms with Crippen molar-refractivity contribution in [1.82, 2.24) is 0 Å². The fraction of sp³-hybridized carbons (Fsp3) is 0.562. The zero-order chi connectivity index (χ0) is 14.8. The summed E-state index contributed by atoms with van der Waals surface area (Å²) in [5.74, 6) is 0.0402. The molecule has 20 heavy (non-hydrogen) atoms. The highest BCUT2D eigenvalue weighted by atomic mass is 16.5. The Balaban J connectivity index is 2.28. The van der Waals surface area contributed by atoms with Gasteiger partial charge in [-0.1, -0.05) is 18.2 Å². The average Bonchev–Trinajstić information content (AvgIpc) is 2.58. The number of aliphatic hydroxyl groups is 1. The first kappa shape index (κ1) is 15.0. The predicted octanol–water partition coefficient (Wildman–Crippen LogP) is 2.66. The lowest BCUT2D eigenvalue weighted by Gasteiger charge is -2.28. The second-order valence-corrected chi connectivity index (χ2v) is 5.90. The van der Waals surface area contributed by atoms with Crippen LogP contribution in [0.15, 0.2) is 24.3 Å². The van der Waals surface area contributed by atoms with Crippen molar-refractivity contribution < 1.29 is 14.6 Å². The van der Waals surface area contributed by atoms with Crippen LogP contribution in [0.25, 0.3) is 0 Å². The van der Waals surface area contributed by atoms with Crippen LogP contribution in [0.1, 0.15) is 44.8 Å². The van der Waals surface area contributed by atoms with Crippen molar-refractivity contribution in [2.24, 2.45) is 0 Å². The number of fused-ring (bicyclic) bond motifs is 1. The molecule has 0 aromatic heterocycles. The molecule has 0 aliphatic carbocycles. The van der Waals surface area contributed by atoms with E-state index in [4.69, 9.17) is 4.74 Å². The van der Waals surface area contributed by atoms with Crippen LogP contribution in [-0.2, 0) is 9.53 Å². The molecule has 1 aromatic carbocycles. The molecule has 1 atom stereocenters. The van der Waals surface area contributed by atoms with Crippen LogP contribution < -0.4 is 4.90 Å². The molecule has 1 aromatic rings. The molecule has 1 aliphatic heterocycles. The molecule has 2 rings (SSSR count). The summed E-state index contributed by atoms with van der Waals surface area (Å²) in [6.07, 6.45) is 1.33. The maximum atomic E-state index is 12.6. The quantitative estimate of drug-likeness (QED) is 0.924. The topological polar surface area (TPSA) is 49.8 Å². The number of rotatable bonds is 3. The Morgan fingerprint density at radius 1 is 1.45 bits per heavy atom. The van der Waals surface area contributed by atoms with Gasteiger partial charge >= 0.3 is 0 Å². The summed E-state index contributed by atoms with van der Waals surface area (Å²) in [5.41, 5.74) is 1.19. The predicted molar refractivity (Wildman–Crippen MR) is 78.7 cm³/mol. The van der Waals surface area contributed by atoms with Gasteiger partial charge in [-0.05, 0) is 32.8 Å². The van der Waals surface area contributed by atoms with Crippen molar-refractivity contribution in [2.75, 3.05) is 18.6 Å². The number of amides is 1. The lowest BCUT2D eigenvalue weighted by atomic mass is 10.0. The molecule has 110 valence electrons. The van der Waals surface area contributed by atoms with Gasteiger partial charge in [0, 0.05) is 24.9 Å². The summed E-state index contributed by atoms with van der Waals surface area (Å²) < 4.78 is 5.34. The molecule has 0 radical (unpaired) electrons. The van der Waals surface area contributed by atoms with Crippen LogP contribution in [0, 0.1) is 0 Å². The van der Waals surface area contributed by atoms with E-state index in [2.05, 4.69) is 0 Å². The van der Waals surface area contributed by atoms with E-state index in [1.54, 1.807) is 12.0 Å². The molecule has 0 fully saturated rings. The Bertz CT molecular complexity index is 484. The summed E-state index contributed by atoms with van der Waals surface area (Å²) in [6.45, 7) is 4.46. The number of carbonyl (C=O) groups excluding carboxylic acids is 1. The van der Waals surface area contributed by atoms with Crippen LogP contribution in [0.4, 0.5) is 5.69 Å². The van der Waals surface area contributed by atoms with Gasteiger partial charge in [0.2, 0.25) is 5.91 Å². The summed E-state index contributed by atoms with van der Waals surface area (Å²) in [5, 5.41) is 10.2. The molecule has 0 bridgehead atoms. The van der Waals surface area contributed by atoms with Crippen LogP contribution >= 0.6 is 0 Å². The summed E-state index contributed by atoms with van der Waals surface area (Å²) >= 11 is 0. The maximum Gasteiger partial charge on any atom is 0.229 e. The highest BCUT2D eigenvalue weighted by Gasteiger charge is 2.29.